The molecular weight excluding hydrogens is 280 g/mol. The molecule has 0 saturated heterocycles. The Bertz CT molecular complexity index is 310. The van der Waals surface area contributed by atoms with Gasteiger partial charge in [-0.1, -0.05) is 32.9 Å². The van der Waals surface area contributed by atoms with Gasteiger partial charge in [0.05, 0.1) is 0 Å². The Balaban J connectivity index is 2.01. The first kappa shape index (κ1) is 17.2. The molecule has 0 aromatic heterocycles. The summed E-state index contributed by atoms with van der Waals surface area (Å²) in [5.41, 5.74) is 0. The van der Waals surface area contributed by atoms with Crippen molar-refractivity contribution in [3.8, 4) is 0 Å². The van der Waals surface area contributed by atoms with Crippen LogP contribution in [-0.4, -0.2) is 28.6 Å². The fraction of sp³-hybridized carbons (Fsp3) is 0.882. The third-order valence-electron chi connectivity index (χ3n) is 4.51. The zero-order valence-electron chi connectivity index (χ0n) is 14.0. The molecule has 2 aliphatic rings. The molecule has 1 fully saturated rings. The van der Waals surface area contributed by atoms with E-state index in [4.69, 9.17) is 13.3 Å². The van der Waals surface area contributed by atoms with E-state index in [1.165, 1.54) is 12.8 Å². The minimum atomic E-state index is -2.49. The van der Waals surface area contributed by atoms with Crippen LogP contribution in [0.3, 0.4) is 0 Å². The molecular formula is C17H32O3Si. The fourth-order valence-corrected chi connectivity index (χ4v) is 6.79. The van der Waals surface area contributed by atoms with Crippen molar-refractivity contribution < 1.29 is 13.3 Å². The van der Waals surface area contributed by atoms with Gasteiger partial charge < -0.3 is 13.3 Å². The molecule has 0 aromatic rings. The monoisotopic (exact) mass is 312 g/mol. The van der Waals surface area contributed by atoms with Gasteiger partial charge in [0.2, 0.25) is 0 Å². The Morgan fingerprint density at radius 1 is 0.857 bits per heavy atom. The molecule has 4 heteroatoms. The number of hydrogen-bond donors (Lipinski definition) is 0. The molecule has 3 nitrogen and oxygen atoms in total. The van der Waals surface area contributed by atoms with Crippen LogP contribution in [0.25, 0.3) is 0 Å². The zero-order chi connectivity index (χ0) is 15.1. The lowest BCUT2D eigenvalue weighted by Crippen LogP contribution is -2.48. The molecule has 2 bridgehead atoms. The van der Waals surface area contributed by atoms with Crippen molar-refractivity contribution in [2.45, 2.75) is 58.9 Å². The minimum absolute atomic E-state index is 0.706. The maximum absolute atomic E-state index is 6.22. The molecule has 2 aliphatic carbocycles. The van der Waals surface area contributed by atoms with E-state index in [0.717, 1.165) is 57.0 Å². The first-order valence-electron chi connectivity index (χ1n) is 8.83. The summed E-state index contributed by atoms with van der Waals surface area (Å²) in [5, 5.41) is 0. The van der Waals surface area contributed by atoms with Crippen molar-refractivity contribution in [1.29, 1.82) is 0 Å². The smallest absolute Gasteiger partial charge is 0.373 e. The van der Waals surface area contributed by atoms with Crippen LogP contribution >= 0.6 is 0 Å². The Morgan fingerprint density at radius 2 is 1.43 bits per heavy atom. The maximum Gasteiger partial charge on any atom is 0.501 e. The van der Waals surface area contributed by atoms with Crippen LogP contribution < -0.4 is 0 Å². The average Bonchev–Trinajstić information content (AvgIpc) is 3.11. The summed E-state index contributed by atoms with van der Waals surface area (Å²) in [6.45, 7) is 8.74. The first-order valence-corrected chi connectivity index (χ1v) is 10.8. The van der Waals surface area contributed by atoms with Gasteiger partial charge in [0.15, 0.2) is 0 Å². The van der Waals surface area contributed by atoms with Gasteiger partial charge in [0, 0.05) is 25.9 Å². The summed E-state index contributed by atoms with van der Waals surface area (Å²) in [6.07, 6.45) is 10.5. The normalized spacial score (nSPS) is 27.7. The molecule has 2 rings (SSSR count). The number of fused-ring (bicyclic) bond motifs is 2. The Hall–Kier alpha value is -0.163. The van der Waals surface area contributed by atoms with Gasteiger partial charge in [-0.15, -0.1) is 0 Å². The highest BCUT2D eigenvalue weighted by Gasteiger charge is 2.48. The Labute approximate surface area is 131 Å². The molecule has 21 heavy (non-hydrogen) atoms. The lowest BCUT2D eigenvalue weighted by molar-refractivity contribution is 0.0541. The molecule has 0 aromatic carbocycles. The number of rotatable bonds is 11. The Kier molecular flexibility index (Phi) is 6.93. The highest BCUT2D eigenvalue weighted by molar-refractivity contribution is 6.60. The third kappa shape index (κ3) is 4.65. The Morgan fingerprint density at radius 3 is 1.81 bits per heavy atom. The molecule has 3 unspecified atom stereocenters. The first-order chi connectivity index (χ1) is 10.2. The second-order valence-corrected chi connectivity index (χ2v) is 9.11. The zero-order valence-corrected chi connectivity index (χ0v) is 15.0. The van der Waals surface area contributed by atoms with Crippen molar-refractivity contribution in [2.24, 2.45) is 17.8 Å². The lowest BCUT2D eigenvalue weighted by atomic mass is 9.96. The van der Waals surface area contributed by atoms with Gasteiger partial charge in [-0.3, -0.25) is 0 Å². The van der Waals surface area contributed by atoms with E-state index < -0.39 is 8.80 Å². The topological polar surface area (TPSA) is 27.7 Å². The molecule has 0 spiro atoms. The van der Waals surface area contributed by atoms with Crippen molar-refractivity contribution in [3.05, 3.63) is 12.2 Å². The predicted octanol–water partition coefficient (Wildman–Crippen LogP) is 4.42. The predicted molar refractivity (Wildman–Crippen MR) is 88.1 cm³/mol. The van der Waals surface area contributed by atoms with Crippen molar-refractivity contribution in [1.82, 2.24) is 0 Å². The van der Waals surface area contributed by atoms with Gasteiger partial charge in [-0.25, -0.2) is 0 Å². The summed E-state index contributed by atoms with van der Waals surface area (Å²) < 4.78 is 18.7. The SMILES string of the molecule is CCCO[Si](CC1CC2C=CC1C2)(OCCC)OCCC. The van der Waals surface area contributed by atoms with Crippen LogP contribution in [0.5, 0.6) is 0 Å². The standard InChI is InChI=1S/C17H32O3Si/c1-4-9-18-21(19-10-5-2,20-11-6-3)14-17-13-15-7-8-16(17)12-15/h7-8,15-17H,4-6,9-14H2,1-3H3. The molecule has 0 N–H and O–H groups in total. The van der Waals surface area contributed by atoms with E-state index in [0.29, 0.717) is 5.92 Å². The quantitative estimate of drug-likeness (QED) is 0.417. The molecule has 122 valence electrons. The van der Waals surface area contributed by atoms with Crippen molar-refractivity contribution in [2.75, 3.05) is 19.8 Å². The van der Waals surface area contributed by atoms with Crippen LogP contribution in [0.1, 0.15) is 52.9 Å². The van der Waals surface area contributed by atoms with E-state index in [2.05, 4.69) is 32.9 Å². The number of hydrogen-bond acceptors (Lipinski definition) is 3. The van der Waals surface area contributed by atoms with Gasteiger partial charge >= 0.3 is 8.80 Å². The van der Waals surface area contributed by atoms with Gasteiger partial charge in [0.1, 0.15) is 0 Å². The minimum Gasteiger partial charge on any atom is -0.373 e. The van der Waals surface area contributed by atoms with Gasteiger partial charge in [0.25, 0.3) is 0 Å². The van der Waals surface area contributed by atoms with Crippen molar-refractivity contribution in [3.63, 3.8) is 0 Å². The highest BCUT2D eigenvalue weighted by Crippen LogP contribution is 2.47. The second kappa shape index (κ2) is 8.46. The number of allylic oxidation sites excluding steroid dienone is 2. The molecule has 0 heterocycles. The third-order valence-corrected chi connectivity index (χ3v) is 7.46. The fourth-order valence-electron chi connectivity index (χ4n) is 3.52. The van der Waals surface area contributed by atoms with Crippen LogP contribution in [-0.2, 0) is 13.3 Å². The summed E-state index contributed by atoms with van der Waals surface area (Å²) in [4.78, 5) is 0. The van der Waals surface area contributed by atoms with E-state index in [-0.39, 0.29) is 0 Å². The van der Waals surface area contributed by atoms with Gasteiger partial charge in [-0.05, 0) is 49.9 Å². The van der Waals surface area contributed by atoms with E-state index in [1.54, 1.807) is 0 Å². The van der Waals surface area contributed by atoms with Crippen LogP contribution in [0.2, 0.25) is 6.04 Å². The van der Waals surface area contributed by atoms with Gasteiger partial charge in [-0.2, -0.15) is 0 Å². The molecule has 3 atom stereocenters. The van der Waals surface area contributed by atoms with E-state index in [9.17, 15) is 0 Å². The lowest BCUT2D eigenvalue weighted by Gasteiger charge is -2.33. The molecule has 0 aliphatic heterocycles. The molecule has 0 radical (unpaired) electrons. The van der Waals surface area contributed by atoms with Crippen LogP contribution in [0.4, 0.5) is 0 Å². The van der Waals surface area contributed by atoms with E-state index in [1.807, 2.05) is 0 Å². The highest BCUT2D eigenvalue weighted by atomic mass is 28.4. The van der Waals surface area contributed by atoms with Crippen LogP contribution in [0.15, 0.2) is 12.2 Å². The summed E-state index contributed by atoms with van der Waals surface area (Å²) in [6, 6.07) is 1.01. The summed E-state index contributed by atoms with van der Waals surface area (Å²) in [5.74, 6) is 2.25. The average molecular weight is 313 g/mol. The van der Waals surface area contributed by atoms with Crippen LogP contribution in [0, 0.1) is 17.8 Å². The molecule has 1 saturated carbocycles. The largest absolute Gasteiger partial charge is 0.501 e. The maximum atomic E-state index is 6.22. The summed E-state index contributed by atoms with van der Waals surface area (Å²) >= 11 is 0. The summed E-state index contributed by atoms with van der Waals surface area (Å²) in [7, 11) is -2.49. The molecule has 0 amide bonds. The van der Waals surface area contributed by atoms with Crippen molar-refractivity contribution >= 4 is 8.80 Å². The van der Waals surface area contributed by atoms with E-state index >= 15 is 0 Å². The second-order valence-electron chi connectivity index (χ2n) is 6.47.